The number of benzene rings is 1. The molecule has 14 heavy (non-hydrogen) atoms. The molecule has 0 spiro atoms. The second-order valence-corrected chi connectivity index (χ2v) is 3.25. The first-order valence-electron chi connectivity index (χ1n) is 4.47. The Morgan fingerprint density at radius 2 is 1.64 bits per heavy atom. The second-order valence-electron chi connectivity index (χ2n) is 3.25. The highest BCUT2D eigenvalue weighted by Gasteiger charge is 2.30. The number of amides is 2. The first kappa shape index (κ1) is 8.94. The van der Waals surface area contributed by atoms with Gasteiger partial charge in [-0.05, 0) is 18.6 Å². The van der Waals surface area contributed by atoms with E-state index in [0.717, 1.165) is 0 Å². The highest BCUT2D eigenvalue weighted by molar-refractivity contribution is 6.20. The summed E-state index contributed by atoms with van der Waals surface area (Å²) in [5, 5.41) is 0. The molecule has 3 nitrogen and oxygen atoms in total. The summed E-state index contributed by atoms with van der Waals surface area (Å²) in [6, 6.07) is 7.15. The van der Waals surface area contributed by atoms with Gasteiger partial charge in [0.1, 0.15) is 0 Å². The molecule has 3 heteroatoms. The lowest BCUT2D eigenvalue weighted by Crippen LogP contribution is -2.29. The summed E-state index contributed by atoms with van der Waals surface area (Å²) in [7, 11) is 0. The number of nitrogens with zero attached hydrogens (tertiary/aromatic N) is 1. The largest absolute Gasteiger partial charge is 0.274 e. The van der Waals surface area contributed by atoms with Crippen LogP contribution in [0.2, 0.25) is 0 Å². The van der Waals surface area contributed by atoms with E-state index < -0.39 is 0 Å². The molecule has 1 heterocycles. The lowest BCUT2D eigenvalue weighted by molar-refractivity contribution is -0.121. The zero-order valence-corrected chi connectivity index (χ0v) is 7.69. The Morgan fingerprint density at radius 3 is 2.21 bits per heavy atom. The van der Waals surface area contributed by atoms with Crippen molar-refractivity contribution >= 4 is 17.5 Å². The summed E-state index contributed by atoms with van der Waals surface area (Å²) < 4.78 is 0. The van der Waals surface area contributed by atoms with E-state index in [-0.39, 0.29) is 11.8 Å². The molecule has 2 rings (SSSR count). The molecule has 1 aliphatic rings. The standard InChI is InChI=1S/C11H10NO2/c1-8-4-2-3-5-9(8)12-10(13)6-7-11(12)14/h2-5H,1,6-7H2. The van der Waals surface area contributed by atoms with Crippen molar-refractivity contribution in [1.82, 2.24) is 0 Å². The molecular formula is C11H10NO2. The summed E-state index contributed by atoms with van der Waals surface area (Å²) >= 11 is 0. The van der Waals surface area contributed by atoms with Gasteiger partial charge in [0.2, 0.25) is 11.8 Å². The molecule has 1 radical (unpaired) electrons. The van der Waals surface area contributed by atoms with Gasteiger partial charge in [-0.3, -0.25) is 14.5 Å². The van der Waals surface area contributed by atoms with Gasteiger partial charge in [0.15, 0.2) is 0 Å². The Morgan fingerprint density at radius 1 is 1.07 bits per heavy atom. The lowest BCUT2D eigenvalue weighted by atomic mass is 10.2. The molecule has 0 N–H and O–H groups in total. The highest BCUT2D eigenvalue weighted by atomic mass is 16.2. The van der Waals surface area contributed by atoms with E-state index in [1.807, 2.05) is 6.07 Å². The van der Waals surface area contributed by atoms with Crippen molar-refractivity contribution in [1.29, 1.82) is 0 Å². The number of carbonyl (C=O) groups is 2. The minimum Gasteiger partial charge on any atom is -0.274 e. The molecule has 0 unspecified atom stereocenters. The van der Waals surface area contributed by atoms with Crippen LogP contribution in [0.25, 0.3) is 0 Å². The quantitative estimate of drug-likeness (QED) is 0.626. The number of rotatable bonds is 1. The maximum atomic E-state index is 11.4. The molecular weight excluding hydrogens is 178 g/mol. The zero-order chi connectivity index (χ0) is 10.1. The Hall–Kier alpha value is -1.64. The van der Waals surface area contributed by atoms with Crippen molar-refractivity contribution in [3.8, 4) is 0 Å². The van der Waals surface area contributed by atoms with Crippen molar-refractivity contribution in [3.05, 3.63) is 36.8 Å². The van der Waals surface area contributed by atoms with E-state index >= 15 is 0 Å². The number of carbonyl (C=O) groups excluding carboxylic acids is 2. The molecule has 2 amide bonds. The third kappa shape index (κ3) is 1.31. The van der Waals surface area contributed by atoms with Crippen molar-refractivity contribution < 1.29 is 9.59 Å². The fraction of sp³-hybridized carbons (Fsp3) is 0.182. The predicted molar refractivity (Wildman–Crippen MR) is 52.6 cm³/mol. The van der Waals surface area contributed by atoms with E-state index in [4.69, 9.17) is 0 Å². The van der Waals surface area contributed by atoms with Gasteiger partial charge in [0, 0.05) is 12.8 Å². The number of anilines is 1. The van der Waals surface area contributed by atoms with Gasteiger partial charge in [-0.2, -0.15) is 0 Å². The van der Waals surface area contributed by atoms with Crippen LogP contribution in [0.15, 0.2) is 24.3 Å². The summed E-state index contributed by atoms with van der Waals surface area (Å²) in [6.45, 7) is 3.79. The molecule has 0 atom stereocenters. The topological polar surface area (TPSA) is 37.4 Å². The third-order valence-electron chi connectivity index (χ3n) is 2.28. The van der Waals surface area contributed by atoms with Gasteiger partial charge in [0.25, 0.3) is 0 Å². The fourth-order valence-corrected chi connectivity index (χ4v) is 1.57. The molecule has 1 aromatic carbocycles. The third-order valence-corrected chi connectivity index (χ3v) is 2.28. The number of imide groups is 1. The van der Waals surface area contributed by atoms with E-state index in [1.54, 1.807) is 18.2 Å². The van der Waals surface area contributed by atoms with Crippen LogP contribution in [0.1, 0.15) is 18.4 Å². The molecule has 1 fully saturated rings. The molecule has 1 aromatic rings. The molecule has 0 bridgehead atoms. The van der Waals surface area contributed by atoms with Gasteiger partial charge in [-0.15, -0.1) is 0 Å². The van der Waals surface area contributed by atoms with Crippen molar-refractivity contribution in [2.75, 3.05) is 4.90 Å². The monoisotopic (exact) mass is 188 g/mol. The highest BCUT2D eigenvalue weighted by Crippen LogP contribution is 2.25. The van der Waals surface area contributed by atoms with Crippen LogP contribution in [0.3, 0.4) is 0 Å². The van der Waals surface area contributed by atoms with Crippen LogP contribution in [0.4, 0.5) is 5.69 Å². The van der Waals surface area contributed by atoms with Crippen molar-refractivity contribution in [2.45, 2.75) is 12.8 Å². The molecule has 1 aliphatic heterocycles. The summed E-state index contributed by atoms with van der Waals surface area (Å²) in [4.78, 5) is 24.1. The molecule has 0 saturated carbocycles. The molecule has 1 saturated heterocycles. The first-order chi connectivity index (χ1) is 6.70. The Balaban J connectivity index is 2.44. The first-order valence-corrected chi connectivity index (χ1v) is 4.47. The molecule has 0 aliphatic carbocycles. The maximum Gasteiger partial charge on any atom is 0.234 e. The summed E-state index contributed by atoms with van der Waals surface area (Å²) in [5.74, 6) is -0.266. The minimum atomic E-state index is -0.133. The van der Waals surface area contributed by atoms with Crippen molar-refractivity contribution in [2.24, 2.45) is 0 Å². The van der Waals surface area contributed by atoms with Gasteiger partial charge in [-0.1, -0.05) is 18.2 Å². The number of hydrogen-bond donors (Lipinski definition) is 0. The predicted octanol–water partition coefficient (Wildman–Crippen LogP) is 1.52. The van der Waals surface area contributed by atoms with E-state index in [9.17, 15) is 9.59 Å². The van der Waals surface area contributed by atoms with Gasteiger partial charge < -0.3 is 0 Å². The normalized spacial score (nSPS) is 16.5. The SMILES string of the molecule is [CH2]c1ccccc1N1C(=O)CCC1=O. The fourth-order valence-electron chi connectivity index (χ4n) is 1.57. The van der Waals surface area contributed by atoms with Crippen LogP contribution in [0, 0.1) is 6.92 Å². The smallest absolute Gasteiger partial charge is 0.234 e. The Labute approximate surface area is 82.3 Å². The van der Waals surface area contributed by atoms with Crippen LogP contribution in [0.5, 0.6) is 0 Å². The van der Waals surface area contributed by atoms with Crippen LogP contribution in [-0.4, -0.2) is 11.8 Å². The average Bonchev–Trinajstić information content (AvgIpc) is 2.48. The van der Waals surface area contributed by atoms with Gasteiger partial charge in [0.05, 0.1) is 5.69 Å². The van der Waals surface area contributed by atoms with Crippen LogP contribution >= 0.6 is 0 Å². The number of para-hydroxylation sites is 1. The summed E-state index contributed by atoms with van der Waals surface area (Å²) in [6.07, 6.45) is 0.625. The maximum absolute atomic E-state index is 11.4. The summed E-state index contributed by atoms with van der Waals surface area (Å²) in [5.41, 5.74) is 1.32. The van der Waals surface area contributed by atoms with Gasteiger partial charge in [-0.25, -0.2) is 0 Å². The Bertz CT molecular complexity index is 382. The molecule has 0 aromatic heterocycles. The van der Waals surface area contributed by atoms with E-state index in [1.165, 1.54) is 4.90 Å². The number of hydrogen-bond acceptors (Lipinski definition) is 2. The molecule has 71 valence electrons. The second kappa shape index (κ2) is 3.25. The average molecular weight is 188 g/mol. The minimum absolute atomic E-state index is 0.133. The van der Waals surface area contributed by atoms with E-state index in [0.29, 0.717) is 24.1 Å². The Kier molecular flexibility index (Phi) is 2.08. The zero-order valence-electron chi connectivity index (χ0n) is 7.69. The van der Waals surface area contributed by atoms with Crippen molar-refractivity contribution in [3.63, 3.8) is 0 Å². The van der Waals surface area contributed by atoms with Crippen LogP contribution < -0.4 is 4.90 Å². The lowest BCUT2D eigenvalue weighted by Gasteiger charge is -2.15. The van der Waals surface area contributed by atoms with E-state index in [2.05, 4.69) is 6.92 Å². The van der Waals surface area contributed by atoms with Crippen LogP contribution in [-0.2, 0) is 9.59 Å². The van der Waals surface area contributed by atoms with Gasteiger partial charge >= 0.3 is 0 Å².